The van der Waals surface area contributed by atoms with Crippen LogP contribution in [0.2, 0.25) is 0 Å². The van der Waals surface area contributed by atoms with E-state index in [9.17, 15) is 9.59 Å². The van der Waals surface area contributed by atoms with Crippen LogP contribution < -0.4 is 5.32 Å². The second-order valence-electron chi connectivity index (χ2n) is 10.5. The van der Waals surface area contributed by atoms with Crippen LogP contribution in [-0.4, -0.2) is 34.8 Å². The molecule has 0 saturated heterocycles. The van der Waals surface area contributed by atoms with Gasteiger partial charge in [-0.25, -0.2) is 0 Å². The summed E-state index contributed by atoms with van der Waals surface area (Å²) in [4.78, 5) is 31.5. The first-order chi connectivity index (χ1) is 14.3. The molecule has 1 aromatic rings. The van der Waals surface area contributed by atoms with Crippen molar-refractivity contribution >= 4 is 17.5 Å². The number of anilines is 1. The Kier molecular flexibility index (Phi) is 4.57. The Morgan fingerprint density at radius 3 is 2.63 bits per heavy atom. The summed E-state index contributed by atoms with van der Waals surface area (Å²) < 4.78 is 0. The molecule has 1 N–H and O–H groups in total. The number of carbonyl (C=O) groups excluding carboxylic acids is 2. The van der Waals surface area contributed by atoms with Crippen LogP contribution in [0.15, 0.2) is 36.7 Å². The monoisotopic (exact) mass is 407 g/mol. The Hall–Kier alpha value is -2.17. The number of hydrogen-bond donors (Lipinski definition) is 1. The molecule has 5 rings (SSSR count). The summed E-state index contributed by atoms with van der Waals surface area (Å²) in [6.07, 6.45) is 14.1. The second kappa shape index (κ2) is 6.93. The first kappa shape index (κ1) is 19.8. The molecule has 0 unspecified atom stereocenters. The molecule has 5 nitrogen and oxygen atoms in total. The van der Waals surface area contributed by atoms with Crippen molar-refractivity contribution in [2.45, 2.75) is 58.4 Å². The average Bonchev–Trinajstić information content (AvgIpc) is 3.09. The van der Waals surface area contributed by atoms with Crippen LogP contribution >= 0.6 is 0 Å². The van der Waals surface area contributed by atoms with Gasteiger partial charge in [-0.3, -0.25) is 14.6 Å². The largest absolute Gasteiger partial charge is 0.338 e. The molecule has 30 heavy (non-hydrogen) atoms. The van der Waals surface area contributed by atoms with Crippen molar-refractivity contribution in [2.24, 2.45) is 34.5 Å². The van der Waals surface area contributed by atoms with E-state index in [0.29, 0.717) is 23.8 Å². The van der Waals surface area contributed by atoms with E-state index >= 15 is 0 Å². The van der Waals surface area contributed by atoms with Crippen molar-refractivity contribution in [3.05, 3.63) is 36.7 Å². The molecule has 1 aliphatic heterocycles. The summed E-state index contributed by atoms with van der Waals surface area (Å²) in [6.45, 7) is 4.75. The highest BCUT2D eigenvalue weighted by molar-refractivity contribution is 5.93. The minimum atomic E-state index is 0.0598. The number of likely N-dealkylation sites (N-methyl/N-ethyl adjacent to an activating group) is 1. The predicted octanol–water partition coefficient (Wildman–Crippen LogP) is 4.28. The van der Waals surface area contributed by atoms with Crippen molar-refractivity contribution in [1.82, 2.24) is 9.88 Å². The van der Waals surface area contributed by atoms with Gasteiger partial charge in [-0.1, -0.05) is 19.9 Å². The highest BCUT2D eigenvalue weighted by Gasteiger charge is 2.61. The molecular weight excluding hydrogens is 374 g/mol. The standard InChI is InChI=1S/C25H33N3O2/c1-24-12-8-19-17(4-7-21-25(19,2)13-9-22(29)28(21)3)18(24)5-6-20(24)23(30)27-16-10-14-26-15-11-16/h9-11,13-15,17-21H,4-8,12H2,1-3H3,(H,26,27,30)/t17-,18-,19-,20+,21+,24-,25+/m0/s1. The second-order valence-corrected chi connectivity index (χ2v) is 10.5. The Morgan fingerprint density at radius 1 is 1.10 bits per heavy atom. The summed E-state index contributed by atoms with van der Waals surface area (Å²) in [7, 11) is 1.97. The summed E-state index contributed by atoms with van der Waals surface area (Å²) >= 11 is 0. The molecule has 3 saturated carbocycles. The molecule has 0 aromatic carbocycles. The maximum Gasteiger partial charge on any atom is 0.246 e. The third-order valence-corrected chi connectivity index (χ3v) is 9.39. The van der Waals surface area contributed by atoms with Gasteiger partial charge in [0.25, 0.3) is 0 Å². The Morgan fingerprint density at radius 2 is 1.87 bits per heavy atom. The summed E-state index contributed by atoms with van der Waals surface area (Å²) in [5.74, 6) is 2.24. The highest BCUT2D eigenvalue weighted by Crippen LogP contribution is 2.65. The average molecular weight is 408 g/mol. The van der Waals surface area contributed by atoms with Crippen LogP contribution in [-0.2, 0) is 9.59 Å². The van der Waals surface area contributed by atoms with Crippen LogP contribution in [0, 0.1) is 34.5 Å². The minimum absolute atomic E-state index is 0.0598. The lowest BCUT2D eigenvalue weighted by Gasteiger charge is -2.60. The van der Waals surface area contributed by atoms with Crippen LogP contribution in [0.25, 0.3) is 0 Å². The van der Waals surface area contributed by atoms with Crippen LogP contribution in [0.4, 0.5) is 5.69 Å². The Labute approximate surface area is 179 Å². The number of nitrogens with one attached hydrogen (secondary N) is 1. The van der Waals surface area contributed by atoms with Gasteiger partial charge in [-0.05, 0) is 79.9 Å². The molecule has 3 fully saturated rings. The molecule has 1 aromatic heterocycles. The number of nitrogens with zero attached hydrogens (tertiary/aromatic N) is 2. The van der Waals surface area contributed by atoms with Gasteiger partial charge in [-0.2, -0.15) is 0 Å². The van der Waals surface area contributed by atoms with Gasteiger partial charge in [0, 0.05) is 42.5 Å². The third kappa shape index (κ3) is 2.77. The predicted molar refractivity (Wildman–Crippen MR) is 116 cm³/mol. The van der Waals surface area contributed by atoms with Crippen molar-refractivity contribution in [2.75, 3.05) is 12.4 Å². The topological polar surface area (TPSA) is 62.3 Å². The maximum atomic E-state index is 13.2. The Balaban J connectivity index is 1.38. The molecule has 160 valence electrons. The minimum Gasteiger partial charge on any atom is -0.338 e. The number of pyridine rings is 1. The zero-order valence-corrected chi connectivity index (χ0v) is 18.3. The number of amides is 2. The quantitative estimate of drug-likeness (QED) is 0.796. The van der Waals surface area contributed by atoms with E-state index < -0.39 is 0 Å². The molecule has 0 spiro atoms. The van der Waals surface area contributed by atoms with Gasteiger partial charge in [-0.15, -0.1) is 0 Å². The van der Waals surface area contributed by atoms with Crippen molar-refractivity contribution in [3.8, 4) is 0 Å². The first-order valence-corrected chi connectivity index (χ1v) is 11.5. The molecule has 0 radical (unpaired) electrons. The van der Waals surface area contributed by atoms with Crippen LogP contribution in [0.3, 0.4) is 0 Å². The molecule has 7 atom stereocenters. The van der Waals surface area contributed by atoms with Crippen LogP contribution in [0.5, 0.6) is 0 Å². The SMILES string of the molecule is CN1C(=O)C=C[C@]2(C)[C@H]3CC[C@]4(C)[C@@H](C(=O)Nc5ccncc5)CC[C@H]4[C@@H]3CC[C@@H]12. The van der Waals surface area contributed by atoms with Gasteiger partial charge >= 0.3 is 0 Å². The lowest BCUT2D eigenvalue weighted by molar-refractivity contribution is -0.141. The lowest BCUT2D eigenvalue weighted by Crippen LogP contribution is -2.59. The van der Waals surface area contributed by atoms with E-state index in [1.165, 1.54) is 6.42 Å². The fourth-order valence-electron chi connectivity index (χ4n) is 7.83. The van der Waals surface area contributed by atoms with Gasteiger partial charge in [0.1, 0.15) is 0 Å². The van der Waals surface area contributed by atoms with Crippen molar-refractivity contribution in [1.29, 1.82) is 0 Å². The fraction of sp³-hybridized carbons (Fsp3) is 0.640. The van der Waals surface area contributed by atoms with Crippen molar-refractivity contribution in [3.63, 3.8) is 0 Å². The molecule has 2 heterocycles. The molecule has 2 amide bonds. The number of carbonyl (C=O) groups is 2. The molecular formula is C25H33N3O2. The van der Waals surface area contributed by atoms with Gasteiger partial charge in [0.15, 0.2) is 0 Å². The number of aromatic nitrogens is 1. The van der Waals surface area contributed by atoms with E-state index in [1.807, 2.05) is 24.1 Å². The molecule has 3 aliphatic carbocycles. The third-order valence-electron chi connectivity index (χ3n) is 9.39. The van der Waals surface area contributed by atoms with E-state index in [0.717, 1.165) is 37.8 Å². The normalized spacial score (nSPS) is 42.3. The summed E-state index contributed by atoms with van der Waals surface area (Å²) in [5, 5.41) is 3.14. The smallest absolute Gasteiger partial charge is 0.246 e. The highest BCUT2D eigenvalue weighted by atomic mass is 16.2. The van der Waals surface area contributed by atoms with Crippen molar-refractivity contribution < 1.29 is 9.59 Å². The summed E-state index contributed by atoms with van der Waals surface area (Å²) in [5.41, 5.74) is 0.968. The van der Waals surface area contributed by atoms with Crippen LogP contribution in [0.1, 0.15) is 52.4 Å². The number of fused-ring (bicyclic) bond motifs is 5. The van der Waals surface area contributed by atoms with E-state index in [-0.39, 0.29) is 28.6 Å². The van der Waals surface area contributed by atoms with E-state index in [4.69, 9.17) is 0 Å². The fourth-order valence-corrected chi connectivity index (χ4v) is 7.83. The maximum absolute atomic E-state index is 13.2. The molecule has 4 aliphatic rings. The number of rotatable bonds is 2. The molecule has 0 bridgehead atoms. The first-order valence-electron chi connectivity index (χ1n) is 11.5. The van der Waals surface area contributed by atoms with E-state index in [2.05, 4.69) is 30.2 Å². The number of hydrogen-bond acceptors (Lipinski definition) is 3. The van der Waals surface area contributed by atoms with Gasteiger partial charge < -0.3 is 10.2 Å². The Bertz CT molecular complexity index is 884. The van der Waals surface area contributed by atoms with E-state index in [1.54, 1.807) is 18.5 Å². The zero-order chi connectivity index (χ0) is 21.1. The van der Waals surface area contributed by atoms with Gasteiger partial charge in [0.05, 0.1) is 0 Å². The summed E-state index contributed by atoms with van der Waals surface area (Å²) in [6, 6.07) is 4.03. The zero-order valence-electron chi connectivity index (χ0n) is 18.3. The van der Waals surface area contributed by atoms with Gasteiger partial charge in [0.2, 0.25) is 11.8 Å². The lowest BCUT2D eigenvalue weighted by atomic mass is 9.47. The molecule has 5 heteroatoms.